The predicted octanol–water partition coefficient (Wildman–Crippen LogP) is 1.95. The number of amides is 1. The van der Waals surface area contributed by atoms with Gasteiger partial charge in [0.1, 0.15) is 11.0 Å². The molecule has 1 aliphatic heterocycles. The molecule has 1 N–H and O–H groups in total. The predicted molar refractivity (Wildman–Crippen MR) is 88.9 cm³/mol. The van der Waals surface area contributed by atoms with Crippen molar-refractivity contribution < 1.29 is 13.2 Å². The van der Waals surface area contributed by atoms with Gasteiger partial charge in [0, 0.05) is 12.5 Å². The lowest BCUT2D eigenvalue weighted by atomic mass is 9.90. The maximum Gasteiger partial charge on any atom is 0.244 e. The molecule has 1 aliphatic carbocycles. The molecule has 1 aromatic heterocycles. The first-order valence-electron chi connectivity index (χ1n) is 8.06. The van der Waals surface area contributed by atoms with Crippen LogP contribution in [0, 0.1) is 0 Å². The Hall–Kier alpha value is -1.06. The quantitative estimate of drug-likeness (QED) is 0.888. The molecule has 128 valence electrons. The summed E-state index contributed by atoms with van der Waals surface area (Å²) in [6.07, 6.45) is 8.38. The number of hydrogen-bond acceptors (Lipinski definition) is 6. The summed E-state index contributed by atoms with van der Waals surface area (Å²) >= 11 is 1.41. The van der Waals surface area contributed by atoms with Gasteiger partial charge in [-0.05, 0) is 25.7 Å². The lowest BCUT2D eigenvalue weighted by molar-refractivity contribution is -0.119. The summed E-state index contributed by atoms with van der Waals surface area (Å²) in [5.41, 5.74) is 0. The highest BCUT2D eigenvalue weighted by molar-refractivity contribution is 7.88. The van der Waals surface area contributed by atoms with Gasteiger partial charge in [0.2, 0.25) is 21.1 Å². The second kappa shape index (κ2) is 6.82. The molecule has 1 saturated carbocycles. The van der Waals surface area contributed by atoms with Crippen LogP contribution in [0.4, 0.5) is 5.13 Å². The average Bonchev–Trinajstić information content (AvgIpc) is 3.16. The van der Waals surface area contributed by atoms with Crippen molar-refractivity contribution in [2.24, 2.45) is 0 Å². The van der Waals surface area contributed by atoms with Gasteiger partial charge in [-0.15, -0.1) is 10.2 Å². The van der Waals surface area contributed by atoms with Gasteiger partial charge in [0.25, 0.3) is 0 Å². The molecule has 23 heavy (non-hydrogen) atoms. The summed E-state index contributed by atoms with van der Waals surface area (Å²) in [6, 6.07) is -0.632. The van der Waals surface area contributed by atoms with E-state index in [1.54, 1.807) is 0 Å². The summed E-state index contributed by atoms with van der Waals surface area (Å²) < 4.78 is 24.7. The first-order valence-corrected chi connectivity index (χ1v) is 10.7. The molecule has 1 saturated heterocycles. The van der Waals surface area contributed by atoms with Crippen LogP contribution in [0.25, 0.3) is 0 Å². The van der Waals surface area contributed by atoms with Crippen molar-refractivity contribution in [2.75, 3.05) is 18.1 Å². The number of rotatable bonds is 4. The van der Waals surface area contributed by atoms with Gasteiger partial charge in [0.05, 0.1) is 6.26 Å². The number of carbonyl (C=O) groups excluding carboxylic acids is 1. The van der Waals surface area contributed by atoms with E-state index >= 15 is 0 Å². The fourth-order valence-electron chi connectivity index (χ4n) is 3.39. The Bertz CT molecular complexity index is 667. The topological polar surface area (TPSA) is 92.3 Å². The van der Waals surface area contributed by atoms with E-state index in [2.05, 4.69) is 15.5 Å². The highest BCUT2D eigenvalue weighted by atomic mass is 32.2. The van der Waals surface area contributed by atoms with E-state index in [4.69, 9.17) is 0 Å². The van der Waals surface area contributed by atoms with Crippen LogP contribution in [-0.2, 0) is 14.8 Å². The maximum atomic E-state index is 12.4. The van der Waals surface area contributed by atoms with Gasteiger partial charge in [-0.2, -0.15) is 4.31 Å². The van der Waals surface area contributed by atoms with Gasteiger partial charge in [-0.25, -0.2) is 8.42 Å². The second-order valence-corrected chi connectivity index (χ2v) is 9.25. The minimum atomic E-state index is -3.36. The third-order valence-corrected chi connectivity index (χ3v) is 6.85. The monoisotopic (exact) mass is 358 g/mol. The van der Waals surface area contributed by atoms with E-state index in [1.165, 1.54) is 34.9 Å². The Labute approximate surface area is 140 Å². The van der Waals surface area contributed by atoms with E-state index in [0.717, 1.165) is 24.1 Å². The largest absolute Gasteiger partial charge is 0.299 e. The third kappa shape index (κ3) is 3.89. The van der Waals surface area contributed by atoms with E-state index in [1.807, 2.05) is 0 Å². The molecule has 3 rings (SSSR count). The van der Waals surface area contributed by atoms with Crippen molar-refractivity contribution >= 4 is 32.4 Å². The number of hydrogen-bond donors (Lipinski definition) is 1. The molecule has 0 bridgehead atoms. The van der Waals surface area contributed by atoms with Crippen molar-refractivity contribution in [1.29, 1.82) is 0 Å². The van der Waals surface area contributed by atoms with E-state index in [9.17, 15) is 13.2 Å². The number of nitrogens with zero attached hydrogens (tertiary/aromatic N) is 3. The number of sulfonamides is 1. The molecule has 1 amide bonds. The van der Waals surface area contributed by atoms with Crippen LogP contribution in [-0.4, -0.2) is 47.7 Å². The van der Waals surface area contributed by atoms with Crippen molar-refractivity contribution in [3.63, 3.8) is 0 Å². The van der Waals surface area contributed by atoms with Crippen LogP contribution in [0.5, 0.6) is 0 Å². The minimum Gasteiger partial charge on any atom is -0.299 e. The number of nitrogens with one attached hydrogen (secondary N) is 1. The standard InChI is InChI=1S/C14H22N4O3S2/c1-23(20,21)18-9-5-8-11(18)12(19)15-14-17-16-13(22-14)10-6-3-2-4-7-10/h10-11H,2-9H2,1H3,(H,15,17,19)/t11-/m0/s1. The van der Waals surface area contributed by atoms with E-state index < -0.39 is 16.1 Å². The number of carbonyl (C=O) groups is 1. The van der Waals surface area contributed by atoms with Gasteiger partial charge in [0.15, 0.2) is 0 Å². The third-order valence-electron chi connectivity index (χ3n) is 4.56. The molecule has 1 aromatic rings. The summed E-state index contributed by atoms with van der Waals surface area (Å²) in [4.78, 5) is 12.4. The Morgan fingerprint density at radius 1 is 1.17 bits per heavy atom. The molecule has 7 nitrogen and oxygen atoms in total. The molecule has 0 radical (unpaired) electrons. The van der Waals surface area contributed by atoms with Crippen LogP contribution in [0.15, 0.2) is 0 Å². The zero-order valence-electron chi connectivity index (χ0n) is 13.2. The Morgan fingerprint density at radius 2 is 1.91 bits per heavy atom. The van der Waals surface area contributed by atoms with Gasteiger partial charge in [-0.1, -0.05) is 30.6 Å². The zero-order chi connectivity index (χ0) is 16.4. The summed E-state index contributed by atoms with van der Waals surface area (Å²) in [5.74, 6) is 0.144. The van der Waals surface area contributed by atoms with Gasteiger partial charge >= 0.3 is 0 Å². The second-order valence-electron chi connectivity index (χ2n) is 6.30. The van der Waals surface area contributed by atoms with Gasteiger partial charge in [-0.3, -0.25) is 10.1 Å². The fourth-order valence-corrected chi connectivity index (χ4v) is 5.43. The molecule has 0 unspecified atom stereocenters. The fraction of sp³-hybridized carbons (Fsp3) is 0.786. The SMILES string of the molecule is CS(=O)(=O)N1CCC[C@H]1C(=O)Nc1nnc(C2CCCCC2)s1. The molecule has 1 atom stereocenters. The van der Waals surface area contributed by atoms with E-state index in [0.29, 0.717) is 30.4 Å². The highest BCUT2D eigenvalue weighted by Gasteiger charge is 2.36. The first kappa shape index (κ1) is 16.8. The summed E-state index contributed by atoms with van der Waals surface area (Å²) in [5, 5.41) is 12.5. The Kier molecular flexibility index (Phi) is 4.98. The Morgan fingerprint density at radius 3 is 2.61 bits per heavy atom. The molecular formula is C14H22N4O3S2. The average molecular weight is 358 g/mol. The maximum absolute atomic E-state index is 12.4. The van der Waals surface area contributed by atoms with E-state index in [-0.39, 0.29) is 5.91 Å². The first-order chi connectivity index (χ1) is 10.9. The normalized spacial score (nSPS) is 24.0. The minimum absolute atomic E-state index is 0.306. The highest BCUT2D eigenvalue weighted by Crippen LogP contribution is 2.35. The summed E-state index contributed by atoms with van der Waals surface area (Å²) in [7, 11) is -3.36. The van der Waals surface area contributed by atoms with Crippen LogP contribution in [0.2, 0.25) is 0 Å². The number of aromatic nitrogens is 2. The molecule has 2 aliphatic rings. The van der Waals surface area contributed by atoms with Crippen LogP contribution >= 0.6 is 11.3 Å². The molecule has 0 aromatic carbocycles. The molecular weight excluding hydrogens is 336 g/mol. The van der Waals surface area contributed by atoms with Crippen molar-refractivity contribution in [1.82, 2.24) is 14.5 Å². The van der Waals surface area contributed by atoms with Gasteiger partial charge < -0.3 is 0 Å². The number of anilines is 1. The van der Waals surface area contributed by atoms with Crippen LogP contribution in [0.1, 0.15) is 55.9 Å². The van der Waals surface area contributed by atoms with Crippen molar-refractivity contribution in [3.8, 4) is 0 Å². The van der Waals surface area contributed by atoms with Crippen LogP contribution < -0.4 is 5.32 Å². The molecule has 2 fully saturated rings. The lowest BCUT2D eigenvalue weighted by Crippen LogP contribution is -2.42. The smallest absolute Gasteiger partial charge is 0.244 e. The van der Waals surface area contributed by atoms with Crippen LogP contribution in [0.3, 0.4) is 0 Å². The van der Waals surface area contributed by atoms with Crippen molar-refractivity contribution in [2.45, 2.75) is 56.9 Å². The van der Waals surface area contributed by atoms with Crippen molar-refractivity contribution in [3.05, 3.63) is 5.01 Å². The Balaban J connectivity index is 1.65. The molecule has 2 heterocycles. The zero-order valence-corrected chi connectivity index (χ0v) is 14.8. The summed E-state index contributed by atoms with van der Waals surface area (Å²) in [6.45, 7) is 0.403. The molecule has 0 spiro atoms. The lowest BCUT2D eigenvalue weighted by Gasteiger charge is -2.20. The molecule has 9 heteroatoms.